The van der Waals surface area contributed by atoms with Crippen LogP contribution in [0.4, 0.5) is 0 Å². The molecule has 0 spiro atoms. The largest absolute Gasteiger partial charge is 0.497 e. The molecule has 0 fully saturated rings. The third kappa shape index (κ3) is 4.91. The number of benzene rings is 1. The normalized spacial score (nSPS) is 14.0. The van der Waals surface area contributed by atoms with Gasteiger partial charge in [0.2, 0.25) is 0 Å². The molecule has 1 aromatic carbocycles. The SMILES string of the molecule is COc1cccc(C[NH+](C)[C@@H](C)C(=O)NC(C)C)c1. The van der Waals surface area contributed by atoms with Gasteiger partial charge >= 0.3 is 0 Å². The predicted octanol–water partition coefficient (Wildman–Crippen LogP) is 0.623. The molecule has 2 N–H and O–H groups in total. The summed E-state index contributed by atoms with van der Waals surface area (Å²) in [5.74, 6) is 0.944. The highest BCUT2D eigenvalue weighted by atomic mass is 16.5. The minimum Gasteiger partial charge on any atom is -0.497 e. The van der Waals surface area contributed by atoms with Crippen molar-refractivity contribution in [2.75, 3.05) is 14.2 Å². The zero-order valence-electron chi connectivity index (χ0n) is 12.5. The Morgan fingerprint density at radius 2 is 2.05 bits per heavy atom. The maximum absolute atomic E-state index is 12.0. The van der Waals surface area contributed by atoms with Crippen molar-refractivity contribution in [2.24, 2.45) is 0 Å². The van der Waals surface area contributed by atoms with Gasteiger partial charge in [-0.1, -0.05) is 12.1 Å². The van der Waals surface area contributed by atoms with Crippen LogP contribution in [0.5, 0.6) is 5.75 Å². The molecule has 0 aliphatic carbocycles. The van der Waals surface area contributed by atoms with Gasteiger partial charge in [0.1, 0.15) is 12.3 Å². The fourth-order valence-electron chi connectivity index (χ4n) is 1.89. The Bertz CT molecular complexity index is 418. The van der Waals surface area contributed by atoms with Crippen molar-refractivity contribution in [2.45, 2.75) is 39.4 Å². The summed E-state index contributed by atoms with van der Waals surface area (Å²) in [5, 5.41) is 2.95. The van der Waals surface area contributed by atoms with E-state index >= 15 is 0 Å². The second kappa shape index (κ2) is 7.14. The molecule has 0 aliphatic heterocycles. The first-order valence-corrected chi connectivity index (χ1v) is 6.69. The van der Waals surface area contributed by atoms with Gasteiger partial charge in [-0.25, -0.2) is 0 Å². The van der Waals surface area contributed by atoms with Crippen LogP contribution in [-0.4, -0.2) is 32.1 Å². The molecule has 0 radical (unpaired) electrons. The smallest absolute Gasteiger partial charge is 0.278 e. The average Bonchev–Trinajstić information content (AvgIpc) is 2.37. The summed E-state index contributed by atoms with van der Waals surface area (Å²) in [4.78, 5) is 13.1. The van der Waals surface area contributed by atoms with Crippen LogP contribution in [0.1, 0.15) is 26.3 Å². The van der Waals surface area contributed by atoms with Crippen LogP contribution in [0, 0.1) is 0 Å². The molecule has 0 aromatic heterocycles. The number of hydrogen-bond donors (Lipinski definition) is 2. The van der Waals surface area contributed by atoms with E-state index in [1.807, 2.05) is 46.0 Å². The summed E-state index contributed by atoms with van der Waals surface area (Å²) in [6, 6.07) is 8.07. The summed E-state index contributed by atoms with van der Waals surface area (Å²) < 4.78 is 5.21. The lowest BCUT2D eigenvalue weighted by Gasteiger charge is -2.22. The summed E-state index contributed by atoms with van der Waals surface area (Å²) in [6.07, 6.45) is 0. The third-order valence-corrected chi connectivity index (χ3v) is 3.18. The molecule has 1 unspecified atom stereocenters. The molecule has 0 saturated carbocycles. The van der Waals surface area contributed by atoms with Crippen molar-refractivity contribution in [3.05, 3.63) is 29.8 Å². The van der Waals surface area contributed by atoms with Crippen molar-refractivity contribution in [1.82, 2.24) is 5.32 Å². The van der Waals surface area contributed by atoms with E-state index in [4.69, 9.17) is 4.74 Å². The minimum absolute atomic E-state index is 0.0754. The van der Waals surface area contributed by atoms with Gasteiger partial charge in [-0.2, -0.15) is 0 Å². The van der Waals surface area contributed by atoms with Gasteiger partial charge in [0.25, 0.3) is 5.91 Å². The second-order valence-electron chi connectivity index (χ2n) is 5.26. The van der Waals surface area contributed by atoms with Crippen LogP contribution in [0.2, 0.25) is 0 Å². The molecule has 2 atom stereocenters. The Hall–Kier alpha value is -1.55. The lowest BCUT2D eigenvalue weighted by atomic mass is 10.1. The van der Waals surface area contributed by atoms with Crippen LogP contribution in [0.3, 0.4) is 0 Å². The third-order valence-electron chi connectivity index (χ3n) is 3.18. The quantitative estimate of drug-likeness (QED) is 0.792. The topological polar surface area (TPSA) is 42.8 Å². The molecule has 1 rings (SSSR count). The van der Waals surface area contributed by atoms with E-state index in [0.29, 0.717) is 0 Å². The van der Waals surface area contributed by atoms with E-state index in [9.17, 15) is 4.79 Å². The van der Waals surface area contributed by atoms with Gasteiger partial charge in [0, 0.05) is 11.6 Å². The summed E-state index contributed by atoms with van der Waals surface area (Å²) in [7, 11) is 3.69. The number of quaternary nitrogens is 1. The Morgan fingerprint density at radius 3 is 2.63 bits per heavy atom. The maximum Gasteiger partial charge on any atom is 0.278 e. The average molecular weight is 265 g/mol. The molecule has 1 aromatic rings. The first-order valence-electron chi connectivity index (χ1n) is 6.69. The molecule has 0 heterocycles. The van der Waals surface area contributed by atoms with E-state index in [0.717, 1.165) is 17.2 Å². The summed E-state index contributed by atoms with van der Waals surface area (Å²) in [6.45, 7) is 6.70. The number of carbonyl (C=O) groups excluding carboxylic acids is 1. The van der Waals surface area contributed by atoms with Gasteiger partial charge in [-0.05, 0) is 32.9 Å². The Morgan fingerprint density at radius 1 is 1.37 bits per heavy atom. The number of carbonyl (C=O) groups is 1. The molecule has 0 aliphatic rings. The van der Waals surface area contributed by atoms with E-state index in [-0.39, 0.29) is 18.0 Å². The first-order chi connectivity index (χ1) is 8.93. The number of amides is 1. The molecular formula is C15H25N2O2+. The molecule has 0 bridgehead atoms. The fraction of sp³-hybridized carbons (Fsp3) is 0.533. The molecular weight excluding hydrogens is 240 g/mol. The highest BCUT2D eigenvalue weighted by Gasteiger charge is 2.22. The lowest BCUT2D eigenvalue weighted by molar-refractivity contribution is -0.908. The summed E-state index contributed by atoms with van der Waals surface area (Å²) in [5.41, 5.74) is 1.17. The van der Waals surface area contributed by atoms with Crippen molar-refractivity contribution >= 4 is 5.91 Å². The second-order valence-corrected chi connectivity index (χ2v) is 5.26. The van der Waals surface area contributed by atoms with Gasteiger partial charge < -0.3 is 15.0 Å². The molecule has 0 saturated heterocycles. The number of ether oxygens (including phenoxy) is 1. The van der Waals surface area contributed by atoms with Gasteiger partial charge in [-0.15, -0.1) is 0 Å². The lowest BCUT2D eigenvalue weighted by Crippen LogP contribution is -3.12. The molecule has 1 amide bonds. The van der Waals surface area contributed by atoms with Gasteiger partial charge in [-0.3, -0.25) is 4.79 Å². The van der Waals surface area contributed by atoms with Crippen LogP contribution >= 0.6 is 0 Å². The standard InChI is InChI=1S/C15H24N2O2/c1-11(2)16-15(18)12(3)17(4)10-13-7-6-8-14(9-13)19-5/h6-9,11-12H,10H2,1-5H3,(H,16,18)/p+1/t12-/m0/s1. The van der Waals surface area contributed by atoms with Gasteiger partial charge in [0.15, 0.2) is 6.04 Å². The number of hydrogen-bond acceptors (Lipinski definition) is 2. The van der Waals surface area contributed by atoms with E-state index in [1.165, 1.54) is 5.56 Å². The Labute approximate surface area is 115 Å². The molecule has 19 heavy (non-hydrogen) atoms. The Balaban J connectivity index is 2.62. The molecule has 106 valence electrons. The van der Waals surface area contributed by atoms with Crippen molar-refractivity contribution in [3.8, 4) is 5.75 Å². The van der Waals surface area contributed by atoms with Gasteiger partial charge in [0.05, 0.1) is 14.2 Å². The number of rotatable bonds is 6. The zero-order chi connectivity index (χ0) is 14.4. The van der Waals surface area contributed by atoms with E-state index in [1.54, 1.807) is 7.11 Å². The number of likely N-dealkylation sites (N-methyl/N-ethyl adjacent to an activating group) is 1. The highest BCUT2D eigenvalue weighted by Crippen LogP contribution is 2.11. The predicted molar refractivity (Wildman–Crippen MR) is 76.3 cm³/mol. The Kier molecular flexibility index (Phi) is 5.83. The van der Waals surface area contributed by atoms with Crippen LogP contribution in [0.25, 0.3) is 0 Å². The van der Waals surface area contributed by atoms with Crippen molar-refractivity contribution in [1.29, 1.82) is 0 Å². The monoisotopic (exact) mass is 265 g/mol. The summed E-state index contributed by atoms with van der Waals surface area (Å²) >= 11 is 0. The fourth-order valence-corrected chi connectivity index (χ4v) is 1.89. The highest BCUT2D eigenvalue weighted by molar-refractivity contribution is 5.80. The minimum atomic E-state index is -0.0754. The number of methoxy groups -OCH3 is 1. The number of nitrogens with one attached hydrogen (secondary N) is 2. The van der Waals surface area contributed by atoms with Crippen LogP contribution < -0.4 is 15.0 Å². The van der Waals surface area contributed by atoms with Crippen LogP contribution in [0.15, 0.2) is 24.3 Å². The van der Waals surface area contributed by atoms with Crippen LogP contribution in [-0.2, 0) is 11.3 Å². The van der Waals surface area contributed by atoms with Crippen molar-refractivity contribution < 1.29 is 14.4 Å². The van der Waals surface area contributed by atoms with E-state index < -0.39 is 0 Å². The molecule has 4 nitrogen and oxygen atoms in total. The maximum atomic E-state index is 12.0. The zero-order valence-corrected chi connectivity index (χ0v) is 12.5. The molecule has 4 heteroatoms. The first kappa shape index (κ1) is 15.5. The van der Waals surface area contributed by atoms with Crippen molar-refractivity contribution in [3.63, 3.8) is 0 Å². The van der Waals surface area contributed by atoms with E-state index in [2.05, 4.69) is 11.4 Å².